The van der Waals surface area contributed by atoms with Gasteiger partial charge in [0.25, 0.3) is 0 Å². The summed E-state index contributed by atoms with van der Waals surface area (Å²) in [5.41, 5.74) is 1.84. The van der Waals surface area contributed by atoms with Gasteiger partial charge in [-0.25, -0.2) is 4.98 Å². The lowest BCUT2D eigenvalue weighted by Crippen LogP contribution is -2.50. The van der Waals surface area contributed by atoms with E-state index in [1.54, 1.807) is 7.11 Å². The summed E-state index contributed by atoms with van der Waals surface area (Å²) in [6.07, 6.45) is 0. The van der Waals surface area contributed by atoms with Crippen molar-refractivity contribution < 1.29 is 4.74 Å². The first-order chi connectivity index (χ1) is 13.9. The van der Waals surface area contributed by atoms with Crippen LogP contribution in [-0.4, -0.2) is 53.0 Å². The van der Waals surface area contributed by atoms with E-state index in [1.807, 2.05) is 24.3 Å². The number of anilines is 3. The number of H-pyrrole nitrogens is 1. The molecule has 1 fully saturated rings. The molecular formula is C21H29N7O. The predicted molar refractivity (Wildman–Crippen MR) is 116 cm³/mol. The van der Waals surface area contributed by atoms with Gasteiger partial charge < -0.3 is 20.3 Å². The summed E-state index contributed by atoms with van der Waals surface area (Å²) >= 11 is 0. The van der Waals surface area contributed by atoms with Crippen LogP contribution < -0.4 is 20.3 Å². The third-order valence-corrected chi connectivity index (χ3v) is 5.29. The van der Waals surface area contributed by atoms with Crippen LogP contribution in [0.25, 0.3) is 10.9 Å². The zero-order valence-corrected chi connectivity index (χ0v) is 17.7. The van der Waals surface area contributed by atoms with E-state index in [0.29, 0.717) is 12.0 Å². The minimum Gasteiger partial charge on any atom is -0.494 e. The van der Waals surface area contributed by atoms with Crippen LogP contribution in [0.3, 0.4) is 0 Å². The summed E-state index contributed by atoms with van der Waals surface area (Å²) in [4.78, 5) is 12.0. The molecule has 1 aromatic carbocycles. The number of hydrogen-bond acceptors (Lipinski definition) is 7. The van der Waals surface area contributed by atoms with E-state index in [0.717, 1.165) is 53.6 Å². The first-order valence-corrected chi connectivity index (χ1v) is 10.0. The molecule has 1 aliphatic heterocycles. The number of methoxy groups -OCH3 is 1. The second-order valence-electron chi connectivity index (χ2n) is 8.52. The van der Waals surface area contributed by atoms with Gasteiger partial charge in [-0.2, -0.15) is 10.1 Å². The van der Waals surface area contributed by atoms with Crippen LogP contribution in [0, 0.1) is 0 Å². The number of benzene rings is 1. The number of hydrogen-bond donors (Lipinski definition) is 3. The van der Waals surface area contributed by atoms with Gasteiger partial charge in [0.2, 0.25) is 5.95 Å². The maximum Gasteiger partial charge on any atom is 0.228 e. The third kappa shape index (κ3) is 3.85. The van der Waals surface area contributed by atoms with Crippen molar-refractivity contribution in [2.75, 3.05) is 37.0 Å². The second kappa shape index (κ2) is 7.51. The molecule has 1 atom stereocenters. The average molecular weight is 396 g/mol. The molecule has 3 N–H and O–H groups in total. The van der Waals surface area contributed by atoms with Crippen molar-refractivity contribution in [2.24, 2.45) is 0 Å². The Morgan fingerprint density at radius 2 is 2.07 bits per heavy atom. The molecule has 0 amide bonds. The highest BCUT2D eigenvalue weighted by molar-refractivity contribution is 5.95. The standard InChI is InChI=1S/C21H29N7O/c1-13-12-22-9-10-28(13)20-24-18-14(7-6-8-15(18)29-5)19(25-20)23-17-11-16(26-27-17)21(2,3)4/h6-8,11,13,22H,9-10,12H2,1-5H3,(H2,23,24,25,26,27)/t13-/m1/s1. The fourth-order valence-electron chi connectivity index (χ4n) is 3.53. The third-order valence-electron chi connectivity index (χ3n) is 5.29. The van der Waals surface area contributed by atoms with Gasteiger partial charge in [-0.3, -0.25) is 5.10 Å². The van der Waals surface area contributed by atoms with Gasteiger partial charge in [0, 0.05) is 48.2 Å². The van der Waals surface area contributed by atoms with Crippen LogP contribution in [0.15, 0.2) is 24.3 Å². The monoisotopic (exact) mass is 395 g/mol. The summed E-state index contributed by atoms with van der Waals surface area (Å²) in [6, 6.07) is 8.22. The van der Waals surface area contributed by atoms with Crippen molar-refractivity contribution in [1.29, 1.82) is 0 Å². The normalized spacial score (nSPS) is 17.6. The molecule has 4 rings (SSSR count). The fraction of sp³-hybridized carbons (Fsp3) is 0.476. The van der Waals surface area contributed by atoms with Crippen molar-refractivity contribution in [2.45, 2.75) is 39.2 Å². The number of nitrogens with zero attached hydrogens (tertiary/aromatic N) is 4. The number of para-hydroxylation sites is 1. The second-order valence-corrected chi connectivity index (χ2v) is 8.52. The van der Waals surface area contributed by atoms with Crippen LogP contribution in [0.5, 0.6) is 5.75 Å². The van der Waals surface area contributed by atoms with Gasteiger partial charge in [-0.1, -0.05) is 26.8 Å². The van der Waals surface area contributed by atoms with Crippen LogP contribution in [0.2, 0.25) is 0 Å². The van der Waals surface area contributed by atoms with Crippen molar-refractivity contribution in [3.63, 3.8) is 0 Å². The van der Waals surface area contributed by atoms with E-state index in [4.69, 9.17) is 14.7 Å². The van der Waals surface area contributed by atoms with Gasteiger partial charge in [0.15, 0.2) is 5.82 Å². The smallest absolute Gasteiger partial charge is 0.228 e. The van der Waals surface area contributed by atoms with E-state index >= 15 is 0 Å². The first-order valence-electron chi connectivity index (χ1n) is 10.0. The molecule has 154 valence electrons. The average Bonchev–Trinajstić information content (AvgIpc) is 3.17. The summed E-state index contributed by atoms with van der Waals surface area (Å²) < 4.78 is 5.58. The maximum atomic E-state index is 5.58. The molecule has 29 heavy (non-hydrogen) atoms. The summed E-state index contributed by atoms with van der Waals surface area (Å²) in [6.45, 7) is 11.3. The number of nitrogens with one attached hydrogen (secondary N) is 3. The Bertz CT molecular complexity index is 1010. The topological polar surface area (TPSA) is 91.0 Å². The van der Waals surface area contributed by atoms with Crippen LogP contribution in [-0.2, 0) is 5.41 Å². The molecule has 3 aromatic rings. The van der Waals surface area contributed by atoms with E-state index in [1.165, 1.54) is 0 Å². The van der Waals surface area contributed by atoms with Crippen LogP contribution in [0.1, 0.15) is 33.4 Å². The van der Waals surface area contributed by atoms with Gasteiger partial charge in [0.1, 0.15) is 17.1 Å². The first kappa shape index (κ1) is 19.4. The molecule has 0 saturated carbocycles. The van der Waals surface area contributed by atoms with E-state index in [-0.39, 0.29) is 5.41 Å². The molecule has 0 radical (unpaired) electrons. The Hall–Kier alpha value is -2.87. The highest BCUT2D eigenvalue weighted by Crippen LogP contribution is 2.32. The molecule has 8 heteroatoms. The van der Waals surface area contributed by atoms with Crippen LogP contribution >= 0.6 is 0 Å². The minimum atomic E-state index is -0.00865. The molecule has 0 bridgehead atoms. The highest BCUT2D eigenvalue weighted by Gasteiger charge is 2.23. The molecule has 0 spiro atoms. The zero-order valence-electron chi connectivity index (χ0n) is 17.7. The maximum absolute atomic E-state index is 5.58. The molecule has 3 heterocycles. The van der Waals surface area contributed by atoms with Gasteiger partial charge >= 0.3 is 0 Å². The van der Waals surface area contributed by atoms with Crippen molar-refractivity contribution in [3.8, 4) is 5.75 Å². The van der Waals surface area contributed by atoms with Gasteiger partial charge in [-0.05, 0) is 19.1 Å². The van der Waals surface area contributed by atoms with Crippen molar-refractivity contribution in [1.82, 2.24) is 25.5 Å². The number of fused-ring (bicyclic) bond motifs is 1. The number of ether oxygens (including phenoxy) is 1. The van der Waals surface area contributed by atoms with E-state index < -0.39 is 0 Å². The largest absolute Gasteiger partial charge is 0.494 e. The summed E-state index contributed by atoms with van der Waals surface area (Å²) in [7, 11) is 1.67. The highest BCUT2D eigenvalue weighted by atomic mass is 16.5. The molecule has 1 aliphatic rings. The number of piperazine rings is 1. The van der Waals surface area contributed by atoms with Crippen LogP contribution in [0.4, 0.5) is 17.6 Å². The van der Waals surface area contributed by atoms with Gasteiger partial charge in [-0.15, -0.1) is 0 Å². The zero-order chi connectivity index (χ0) is 20.6. The number of rotatable bonds is 4. The quantitative estimate of drug-likeness (QED) is 0.625. The van der Waals surface area contributed by atoms with E-state index in [9.17, 15) is 0 Å². The lowest BCUT2D eigenvalue weighted by molar-refractivity contribution is 0.418. The van der Waals surface area contributed by atoms with Crippen molar-refractivity contribution >= 4 is 28.5 Å². The van der Waals surface area contributed by atoms with E-state index in [2.05, 4.69) is 53.4 Å². The molecule has 1 saturated heterocycles. The Labute approximate surface area is 171 Å². The molecular weight excluding hydrogens is 366 g/mol. The Kier molecular flexibility index (Phi) is 5.04. The number of aromatic nitrogens is 4. The summed E-state index contributed by atoms with van der Waals surface area (Å²) in [5.74, 6) is 2.89. The molecule has 2 aromatic heterocycles. The fourth-order valence-corrected chi connectivity index (χ4v) is 3.53. The Balaban J connectivity index is 1.80. The molecule has 0 aliphatic carbocycles. The minimum absolute atomic E-state index is 0.00865. The molecule has 8 nitrogen and oxygen atoms in total. The number of aromatic amines is 1. The van der Waals surface area contributed by atoms with Crippen molar-refractivity contribution in [3.05, 3.63) is 30.0 Å². The Morgan fingerprint density at radius 3 is 2.76 bits per heavy atom. The lowest BCUT2D eigenvalue weighted by atomic mass is 9.92. The Morgan fingerprint density at radius 1 is 1.24 bits per heavy atom. The SMILES string of the molecule is COc1cccc2c(Nc3cc(C(C)(C)C)[nH]n3)nc(N3CCNC[C@H]3C)nc12. The lowest BCUT2D eigenvalue weighted by Gasteiger charge is -2.34. The predicted octanol–water partition coefficient (Wildman–Crippen LogP) is 3.20. The summed E-state index contributed by atoms with van der Waals surface area (Å²) in [5, 5.41) is 15.3. The molecule has 0 unspecified atom stereocenters. The van der Waals surface area contributed by atoms with Gasteiger partial charge in [0.05, 0.1) is 7.11 Å².